The van der Waals surface area contributed by atoms with E-state index < -0.39 is 21.7 Å². The molecule has 2 aromatic carbocycles. The predicted octanol–water partition coefficient (Wildman–Crippen LogP) is 2.38. The lowest BCUT2D eigenvalue weighted by atomic mass is 10.1. The van der Waals surface area contributed by atoms with E-state index >= 15 is 0 Å². The number of imidazole rings is 2. The number of nitrogens with two attached hydrogens (primary N) is 1. The highest BCUT2D eigenvalue weighted by molar-refractivity contribution is 7.87. The fourth-order valence-corrected chi connectivity index (χ4v) is 3.85. The molecule has 0 aliphatic heterocycles. The molecule has 4 aromatic rings. The number of H-pyrrole nitrogens is 1. The molecule has 0 saturated heterocycles. The lowest BCUT2D eigenvalue weighted by Crippen LogP contribution is -2.46. The number of aromatic nitrogens is 4. The van der Waals surface area contributed by atoms with Gasteiger partial charge >= 0.3 is 16.1 Å². The summed E-state index contributed by atoms with van der Waals surface area (Å²) in [4.78, 5) is 23.2. The molecule has 0 unspecified atom stereocenters. The van der Waals surface area contributed by atoms with Crippen molar-refractivity contribution in [1.82, 2.24) is 24.8 Å². The first-order chi connectivity index (χ1) is 15.6. The molecule has 5 N–H and O–H groups in total. The molecule has 172 valence electrons. The van der Waals surface area contributed by atoms with E-state index in [1.165, 1.54) is 24.3 Å². The number of carbonyl (C=O) groups is 1. The number of urea groups is 1. The molecule has 0 aliphatic carbocycles. The summed E-state index contributed by atoms with van der Waals surface area (Å²) in [6, 6.07) is 10.3. The van der Waals surface area contributed by atoms with Gasteiger partial charge in [-0.05, 0) is 50.2 Å². The molecule has 4 rings (SSSR count). The van der Waals surface area contributed by atoms with Gasteiger partial charge in [0.1, 0.15) is 10.6 Å². The Kier molecular flexibility index (Phi) is 5.78. The minimum Gasteiger partial charge on any atom is -0.379 e. The number of amides is 2. The van der Waals surface area contributed by atoms with Crippen LogP contribution in [0.25, 0.3) is 16.7 Å². The van der Waals surface area contributed by atoms with Crippen molar-refractivity contribution in [3.63, 3.8) is 0 Å². The van der Waals surface area contributed by atoms with Crippen LogP contribution in [0.1, 0.15) is 13.8 Å². The maximum absolute atomic E-state index is 12.7. The Labute approximate surface area is 190 Å². The Morgan fingerprint density at radius 2 is 1.97 bits per heavy atom. The van der Waals surface area contributed by atoms with Gasteiger partial charge in [-0.15, -0.1) is 0 Å². The molecule has 33 heavy (non-hydrogen) atoms. The highest BCUT2D eigenvalue weighted by Gasteiger charge is 2.18. The predicted molar refractivity (Wildman–Crippen MR) is 123 cm³/mol. The fraction of sp³-hybridized carbons (Fsp3) is 0.190. The Hall–Kier alpha value is -3.90. The minimum atomic E-state index is -4.06. The normalized spacial score (nSPS) is 12.0. The fourth-order valence-electron chi connectivity index (χ4n) is 2.93. The Bertz CT molecular complexity index is 1370. The van der Waals surface area contributed by atoms with E-state index in [0.29, 0.717) is 11.0 Å². The van der Waals surface area contributed by atoms with Crippen LogP contribution in [0, 0.1) is 0 Å². The van der Waals surface area contributed by atoms with Crippen molar-refractivity contribution in [1.29, 1.82) is 0 Å². The second-order valence-corrected chi connectivity index (χ2v) is 9.61. The maximum Gasteiger partial charge on any atom is 0.339 e. The van der Waals surface area contributed by atoms with Crippen molar-refractivity contribution in [2.45, 2.75) is 24.3 Å². The van der Waals surface area contributed by atoms with Crippen molar-refractivity contribution in [3.05, 3.63) is 61.2 Å². The standard InChI is InChI=1S/C21H23N7O4S/c1-21(2,22)12-24-20(29)27-19-25-17-8-5-15(11-18(17)26-19)32-33(30,31)16-6-3-14(4-7-16)28-10-9-23-13-28/h3-11,13H,12,22H2,1-2H3,(H3,24,25,26,27,29). The molecule has 2 heterocycles. The molecular formula is C21H23N7O4S. The molecular weight excluding hydrogens is 446 g/mol. The van der Waals surface area contributed by atoms with Crippen molar-refractivity contribution in [2.75, 3.05) is 11.9 Å². The Morgan fingerprint density at radius 1 is 1.21 bits per heavy atom. The molecule has 0 aliphatic rings. The SMILES string of the molecule is CC(C)(N)CNC(=O)Nc1nc2cc(OS(=O)(=O)c3ccc(-n4ccnc4)cc3)ccc2[nH]1. The van der Waals surface area contributed by atoms with Gasteiger partial charge in [-0.25, -0.2) is 14.8 Å². The van der Waals surface area contributed by atoms with Crippen molar-refractivity contribution < 1.29 is 17.4 Å². The molecule has 0 atom stereocenters. The number of aromatic amines is 1. The molecule has 2 aromatic heterocycles. The first kappa shape index (κ1) is 22.3. The van der Waals surface area contributed by atoms with Crippen LogP contribution in [0.2, 0.25) is 0 Å². The zero-order chi connectivity index (χ0) is 23.6. The van der Waals surface area contributed by atoms with Crippen LogP contribution in [0.5, 0.6) is 5.75 Å². The topological polar surface area (TPSA) is 157 Å². The van der Waals surface area contributed by atoms with Gasteiger partial charge in [0, 0.05) is 36.2 Å². The van der Waals surface area contributed by atoms with Crippen LogP contribution < -0.4 is 20.6 Å². The number of rotatable bonds is 7. The summed E-state index contributed by atoms with van der Waals surface area (Å²) < 4.78 is 32.4. The van der Waals surface area contributed by atoms with Crippen molar-refractivity contribution >= 4 is 33.1 Å². The quantitative estimate of drug-likeness (QED) is 0.303. The van der Waals surface area contributed by atoms with Gasteiger partial charge < -0.3 is 24.8 Å². The van der Waals surface area contributed by atoms with Crippen LogP contribution in [0.4, 0.5) is 10.7 Å². The van der Waals surface area contributed by atoms with Crippen LogP contribution >= 0.6 is 0 Å². The smallest absolute Gasteiger partial charge is 0.339 e. The summed E-state index contributed by atoms with van der Waals surface area (Å²) in [5, 5.41) is 5.22. The largest absolute Gasteiger partial charge is 0.379 e. The average molecular weight is 470 g/mol. The van der Waals surface area contributed by atoms with Gasteiger partial charge in [0.2, 0.25) is 5.95 Å². The minimum absolute atomic E-state index is 0.00958. The van der Waals surface area contributed by atoms with Crippen LogP contribution in [-0.4, -0.2) is 46.1 Å². The molecule has 2 amide bonds. The highest BCUT2D eigenvalue weighted by Crippen LogP contribution is 2.24. The summed E-state index contributed by atoms with van der Waals surface area (Å²) >= 11 is 0. The summed E-state index contributed by atoms with van der Waals surface area (Å²) in [6.07, 6.45) is 5.00. The summed E-state index contributed by atoms with van der Waals surface area (Å²) in [5.74, 6) is 0.293. The van der Waals surface area contributed by atoms with Crippen LogP contribution in [0.3, 0.4) is 0 Å². The van der Waals surface area contributed by atoms with E-state index in [-0.39, 0.29) is 23.1 Å². The number of nitrogens with zero attached hydrogens (tertiary/aromatic N) is 3. The van der Waals surface area contributed by atoms with Gasteiger partial charge in [-0.2, -0.15) is 8.42 Å². The lowest BCUT2D eigenvalue weighted by molar-refractivity contribution is 0.249. The number of hydrogen-bond donors (Lipinski definition) is 4. The molecule has 0 spiro atoms. The van der Waals surface area contributed by atoms with Crippen LogP contribution in [-0.2, 0) is 10.1 Å². The molecule has 0 saturated carbocycles. The van der Waals surface area contributed by atoms with Crippen LogP contribution in [0.15, 0.2) is 66.1 Å². The van der Waals surface area contributed by atoms with E-state index in [2.05, 4.69) is 25.6 Å². The van der Waals surface area contributed by atoms with Gasteiger partial charge in [0.25, 0.3) is 0 Å². The second-order valence-electron chi connectivity index (χ2n) is 8.06. The number of fused-ring (bicyclic) bond motifs is 1. The zero-order valence-corrected chi connectivity index (χ0v) is 18.8. The third kappa shape index (κ3) is 5.48. The van der Waals surface area contributed by atoms with E-state index in [1.807, 2.05) is 0 Å². The molecule has 11 nitrogen and oxygen atoms in total. The number of nitrogens with one attached hydrogen (secondary N) is 3. The van der Waals surface area contributed by atoms with Crippen molar-refractivity contribution in [3.8, 4) is 11.4 Å². The molecule has 0 radical (unpaired) electrons. The highest BCUT2D eigenvalue weighted by atomic mass is 32.2. The lowest BCUT2D eigenvalue weighted by Gasteiger charge is -2.18. The van der Waals surface area contributed by atoms with E-state index in [1.54, 1.807) is 55.3 Å². The molecule has 0 fully saturated rings. The molecule has 0 bridgehead atoms. The van der Waals surface area contributed by atoms with E-state index in [0.717, 1.165) is 5.69 Å². The first-order valence-corrected chi connectivity index (χ1v) is 11.4. The number of anilines is 1. The van der Waals surface area contributed by atoms with Gasteiger partial charge in [-0.3, -0.25) is 5.32 Å². The Morgan fingerprint density at radius 3 is 2.64 bits per heavy atom. The summed E-state index contributed by atoms with van der Waals surface area (Å²) in [6.45, 7) is 3.86. The van der Waals surface area contributed by atoms with Crippen molar-refractivity contribution in [2.24, 2.45) is 5.73 Å². The number of hydrogen-bond acceptors (Lipinski definition) is 7. The summed E-state index contributed by atoms with van der Waals surface area (Å²) in [5.41, 5.74) is 7.08. The first-order valence-electron chi connectivity index (χ1n) is 9.95. The van der Waals surface area contributed by atoms with Gasteiger partial charge in [0.15, 0.2) is 0 Å². The number of benzene rings is 2. The second kappa shape index (κ2) is 8.56. The van der Waals surface area contributed by atoms with E-state index in [4.69, 9.17) is 9.92 Å². The molecule has 12 heteroatoms. The third-order valence-electron chi connectivity index (χ3n) is 4.52. The zero-order valence-electron chi connectivity index (χ0n) is 17.9. The van der Waals surface area contributed by atoms with Gasteiger partial charge in [-0.1, -0.05) is 0 Å². The maximum atomic E-state index is 12.7. The monoisotopic (exact) mass is 469 g/mol. The number of carbonyl (C=O) groups excluding carboxylic acids is 1. The van der Waals surface area contributed by atoms with E-state index in [9.17, 15) is 13.2 Å². The Balaban J connectivity index is 1.46. The third-order valence-corrected chi connectivity index (χ3v) is 5.79. The summed E-state index contributed by atoms with van der Waals surface area (Å²) in [7, 11) is -4.06. The average Bonchev–Trinajstić information content (AvgIpc) is 3.41. The van der Waals surface area contributed by atoms with Gasteiger partial charge in [0.05, 0.1) is 17.4 Å².